The summed E-state index contributed by atoms with van der Waals surface area (Å²) < 4.78 is 18.1. The van der Waals surface area contributed by atoms with Crippen molar-refractivity contribution in [3.63, 3.8) is 0 Å². The number of carbonyl (C=O) groups is 1. The van der Waals surface area contributed by atoms with Gasteiger partial charge in [-0.1, -0.05) is 6.07 Å². The molecule has 0 bridgehead atoms. The van der Waals surface area contributed by atoms with Gasteiger partial charge in [-0.25, -0.2) is 0 Å². The topological polar surface area (TPSA) is 94.6 Å². The van der Waals surface area contributed by atoms with Crippen LogP contribution in [0.1, 0.15) is 28.8 Å². The maximum atomic E-state index is 12.9. The first-order valence-corrected chi connectivity index (χ1v) is 11.3. The lowest BCUT2D eigenvalue weighted by atomic mass is 10.1. The van der Waals surface area contributed by atoms with Crippen molar-refractivity contribution in [3.8, 4) is 11.5 Å². The van der Waals surface area contributed by atoms with E-state index in [-0.39, 0.29) is 17.6 Å². The van der Waals surface area contributed by atoms with Crippen molar-refractivity contribution < 1.29 is 19.0 Å². The summed E-state index contributed by atoms with van der Waals surface area (Å²) >= 11 is 5.41. The molecule has 9 heteroatoms. The van der Waals surface area contributed by atoms with Gasteiger partial charge in [-0.2, -0.15) is 0 Å². The normalized spacial score (nSPS) is 15.5. The summed E-state index contributed by atoms with van der Waals surface area (Å²) in [6.45, 7) is 1.60. The molecule has 1 saturated heterocycles. The molecule has 1 aliphatic rings. The summed E-state index contributed by atoms with van der Waals surface area (Å²) in [6.07, 6.45) is 2.55. The van der Waals surface area contributed by atoms with Crippen molar-refractivity contribution in [3.05, 3.63) is 62.6 Å². The maximum Gasteiger partial charge on any atom is 0.262 e. The van der Waals surface area contributed by atoms with Gasteiger partial charge >= 0.3 is 0 Å². The monoisotopic (exact) mass is 469 g/mol. The van der Waals surface area contributed by atoms with Crippen molar-refractivity contribution in [2.24, 2.45) is 0 Å². The fourth-order valence-corrected chi connectivity index (χ4v) is 4.28. The first kappa shape index (κ1) is 23.0. The lowest BCUT2D eigenvalue weighted by molar-refractivity contribution is 0.0953. The molecule has 8 nitrogen and oxygen atoms in total. The molecule has 174 valence electrons. The van der Waals surface area contributed by atoms with Gasteiger partial charge in [0.1, 0.15) is 0 Å². The van der Waals surface area contributed by atoms with Crippen molar-refractivity contribution in [1.82, 2.24) is 14.9 Å². The average molecular weight is 470 g/mol. The number of hydrogen-bond acceptors (Lipinski definition) is 6. The highest BCUT2D eigenvalue weighted by molar-refractivity contribution is 7.71. The summed E-state index contributed by atoms with van der Waals surface area (Å²) in [4.78, 5) is 28.7. The Labute approximate surface area is 196 Å². The molecule has 4 rings (SSSR count). The molecule has 1 aromatic heterocycles. The third-order valence-corrected chi connectivity index (χ3v) is 6.12. The first-order chi connectivity index (χ1) is 16.0. The number of H-pyrrole nitrogens is 1. The Bertz CT molecular complexity index is 1280. The van der Waals surface area contributed by atoms with Gasteiger partial charge in [-0.15, -0.1) is 0 Å². The Hall–Kier alpha value is -3.17. The number of benzene rings is 2. The van der Waals surface area contributed by atoms with E-state index in [9.17, 15) is 9.59 Å². The van der Waals surface area contributed by atoms with Crippen LogP contribution in [0.3, 0.4) is 0 Å². The number of hydrogen-bond donors (Lipinski definition) is 2. The fraction of sp³-hybridized carbons (Fsp3) is 0.375. The number of amides is 1. The summed E-state index contributed by atoms with van der Waals surface area (Å²) in [5.74, 6) is 1.09. The molecule has 33 heavy (non-hydrogen) atoms. The molecule has 2 N–H and O–H groups in total. The molecule has 2 heterocycles. The predicted octanol–water partition coefficient (Wildman–Crippen LogP) is 3.23. The zero-order valence-electron chi connectivity index (χ0n) is 18.7. The summed E-state index contributed by atoms with van der Waals surface area (Å²) in [7, 11) is 3.18. The molecule has 0 aliphatic carbocycles. The second-order valence-electron chi connectivity index (χ2n) is 7.94. The average Bonchev–Trinajstić information content (AvgIpc) is 3.34. The summed E-state index contributed by atoms with van der Waals surface area (Å²) in [5, 5.41) is 3.41. The number of aromatic nitrogens is 2. The Balaban J connectivity index is 1.45. The highest BCUT2D eigenvalue weighted by atomic mass is 32.1. The largest absolute Gasteiger partial charge is 0.493 e. The van der Waals surface area contributed by atoms with Gasteiger partial charge in [0.05, 0.1) is 37.8 Å². The zero-order chi connectivity index (χ0) is 23.4. The number of methoxy groups -OCH3 is 2. The van der Waals surface area contributed by atoms with Crippen LogP contribution in [0.2, 0.25) is 0 Å². The zero-order valence-corrected chi connectivity index (χ0v) is 19.5. The van der Waals surface area contributed by atoms with E-state index in [0.717, 1.165) is 18.4 Å². The van der Waals surface area contributed by atoms with E-state index < -0.39 is 0 Å². The standard InChI is InChI=1S/C24H27N3O5S/c1-30-20-8-5-15(12-21(20)31-2)9-10-25-22(28)16-6-7-18-19(13-16)26-24(33)27(23(18)29)14-17-4-3-11-32-17/h5-8,12-13,17H,3-4,9-11,14H2,1-2H3,(H,25,28)(H,26,33). The van der Waals surface area contributed by atoms with Crippen LogP contribution in [0.15, 0.2) is 41.2 Å². The highest BCUT2D eigenvalue weighted by Gasteiger charge is 2.18. The van der Waals surface area contributed by atoms with Crippen LogP contribution in [-0.4, -0.2) is 48.9 Å². The number of nitrogens with one attached hydrogen (secondary N) is 2. The SMILES string of the molecule is COc1ccc(CCNC(=O)c2ccc3c(=O)n(CC4CCCO4)c(=S)[nH]c3c2)cc1OC. The van der Waals surface area contributed by atoms with Crippen LogP contribution in [0, 0.1) is 4.77 Å². The first-order valence-electron chi connectivity index (χ1n) is 10.9. The van der Waals surface area contributed by atoms with Gasteiger partial charge in [0.2, 0.25) is 0 Å². The predicted molar refractivity (Wildman–Crippen MR) is 128 cm³/mol. The van der Waals surface area contributed by atoms with E-state index in [1.165, 1.54) is 4.57 Å². The molecular formula is C24H27N3O5S. The minimum atomic E-state index is -0.222. The Kier molecular flexibility index (Phi) is 7.10. The van der Waals surface area contributed by atoms with Gasteiger partial charge in [-0.3, -0.25) is 14.2 Å². The summed E-state index contributed by atoms with van der Waals surface area (Å²) in [6, 6.07) is 10.6. The van der Waals surface area contributed by atoms with Gasteiger partial charge in [0.25, 0.3) is 11.5 Å². The van der Waals surface area contributed by atoms with E-state index in [0.29, 0.717) is 58.9 Å². The molecule has 0 saturated carbocycles. The van der Waals surface area contributed by atoms with Crippen molar-refractivity contribution in [2.75, 3.05) is 27.4 Å². The quantitative estimate of drug-likeness (QED) is 0.492. The highest BCUT2D eigenvalue weighted by Crippen LogP contribution is 2.27. The number of aromatic amines is 1. The number of nitrogens with zero attached hydrogens (tertiary/aromatic N) is 1. The van der Waals surface area contributed by atoms with Crippen LogP contribution < -0.4 is 20.3 Å². The molecule has 1 aliphatic heterocycles. The summed E-state index contributed by atoms with van der Waals surface area (Å²) in [5.41, 5.74) is 1.84. The van der Waals surface area contributed by atoms with Gasteiger partial charge in [0, 0.05) is 18.7 Å². The van der Waals surface area contributed by atoms with Crippen LogP contribution in [0.5, 0.6) is 11.5 Å². The Morgan fingerprint density at radius 3 is 2.76 bits per heavy atom. The second kappa shape index (κ2) is 10.2. The minimum absolute atomic E-state index is 0.00553. The van der Waals surface area contributed by atoms with Gasteiger partial charge < -0.3 is 24.5 Å². The molecule has 1 atom stereocenters. The molecule has 0 radical (unpaired) electrons. The van der Waals surface area contributed by atoms with Crippen LogP contribution in [-0.2, 0) is 17.7 Å². The molecule has 0 spiro atoms. The van der Waals surface area contributed by atoms with Crippen molar-refractivity contribution >= 4 is 29.0 Å². The Morgan fingerprint density at radius 2 is 2.03 bits per heavy atom. The van der Waals surface area contributed by atoms with E-state index >= 15 is 0 Å². The lowest BCUT2D eigenvalue weighted by Crippen LogP contribution is -2.28. The van der Waals surface area contributed by atoms with E-state index in [1.807, 2.05) is 18.2 Å². The van der Waals surface area contributed by atoms with Crippen LogP contribution in [0.25, 0.3) is 10.9 Å². The van der Waals surface area contributed by atoms with E-state index in [4.69, 9.17) is 26.4 Å². The Morgan fingerprint density at radius 1 is 1.21 bits per heavy atom. The number of fused-ring (bicyclic) bond motifs is 1. The third-order valence-electron chi connectivity index (χ3n) is 5.80. The maximum absolute atomic E-state index is 12.9. The molecule has 1 amide bonds. The molecular weight excluding hydrogens is 442 g/mol. The number of carbonyl (C=O) groups excluding carboxylic acids is 1. The third kappa shape index (κ3) is 5.09. The molecule has 3 aromatic rings. The van der Waals surface area contributed by atoms with E-state index in [2.05, 4.69) is 10.3 Å². The van der Waals surface area contributed by atoms with Crippen LogP contribution in [0.4, 0.5) is 0 Å². The molecule has 1 unspecified atom stereocenters. The van der Waals surface area contributed by atoms with Crippen molar-refractivity contribution in [1.29, 1.82) is 0 Å². The van der Waals surface area contributed by atoms with Gasteiger partial charge in [-0.05, 0) is 67.4 Å². The number of ether oxygens (including phenoxy) is 3. The molecule has 1 fully saturated rings. The molecule has 2 aromatic carbocycles. The van der Waals surface area contributed by atoms with Gasteiger partial charge in [0.15, 0.2) is 16.3 Å². The second-order valence-corrected chi connectivity index (χ2v) is 8.32. The number of rotatable bonds is 8. The van der Waals surface area contributed by atoms with Crippen LogP contribution >= 0.6 is 12.2 Å². The fourth-order valence-electron chi connectivity index (χ4n) is 4.01. The van der Waals surface area contributed by atoms with E-state index in [1.54, 1.807) is 32.4 Å². The minimum Gasteiger partial charge on any atom is -0.493 e. The smallest absolute Gasteiger partial charge is 0.262 e. The lowest BCUT2D eigenvalue weighted by Gasteiger charge is -2.13. The van der Waals surface area contributed by atoms with Crippen molar-refractivity contribution in [2.45, 2.75) is 31.9 Å².